The van der Waals surface area contributed by atoms with Gasteiger partial charge in [0.15, 0.2) is 5.78 Å². The predicted octanol–water partition coefficient (Wildman–Crippen LogP) is 1.54. The molecule has 2 heterocycles. The Bertz CT molecular complexity index is 431. The first-order chi connectivity index (χ1) is 5.77. The molecule has 0 spiro atoms. The third-order valence-electron chi connectivity index (χ3n) is 1.77. The van der Waals surface area contributed by atoms with Crippen LogP contribution in [-0.2, 0) is 0 Å². The van der Waals surface area contributed by atoms with Crippen LogP contribution in [0.2, 0.25) is 0 Å². The Morgan fingerprint density at radius 2 is 2.42 bits per heavy atom. The maximum atomic E-state index is 10.9. The lowest BCUT2D eigenvalue weighted by atomic mass is 10.3. The minimum Gasteiger partial charge on any atom is -0.320 e. The molecule has 0 N–H and O–H groups in total. The van der Waals surface area contributed by atoms with Crippen molar-refractivity contribution in [2.45, 2.75) is 6.92 Å². The summed E-state index contributed by atoms with van der Waals surface area (Å²) in [7, 11) is 0. The smallest absolute Gasteiger partial charge is 0.179 e. The number of carbonyl (C=O) groups is 1. The van der Waals surface area contributed by atoms with E-state index >= 15 is 0 Å². The van der Waals surface area contributed by atoms with Crippen LogP contribution in [-0.4, -0.2) is 15.2 Å². The number of nitrogens with zero attached hydrogens (tertiary/aromatic N) is 2. The summed E-state index contributed by atoms with van der Waals surface area (Å²) in [6.45, 7) is 1.51. The molecular formula is C9H8N2O. The highest BCUT2D eigenvalue weighted by molar-refractivity contribution is 5.91. The van der Waals surface area contributed by atoms with Gasteiger partial charge < -0.3 is 4.40 Å². The van der Waals surface area contributed by atoms with Crippen LogP contribution < -0.4 is 0 Å². The Labute approximate surface area is 69.7 Å². The number of fused-ring (bicyclic) bond motifs is 1. The zero-order chi connectivity index (χ0) is 8.55. The van der Waals surface area contributed by atoms with Crippen molar-refractivity contribution in [1.82, 2.24) is 9.38 Å². The molecule has 2 aromatic heterocycles. The van der Waals surface area contributed by atoms with Crippen LogP contribution in [0.5, 0.6) is 0 Å². The largest absolute Gasteiger partial charge is 0.320 e. The van der Waals surface area contributed by atoms with Gasteiger partial charge in [0.2, 0.25) is 0 Å². The van der Waals surface area contributed by atoms with Crippen molar-refractivity contribution in [2.75, 3.05) is 0 Å². The zero-order valence-corrected chi connectivity index (χ0v) is 6.69. The summed E-state index contributed by atoms with van der Waals surface area (Å²) in [6.07, 6.45) is 5.32. The van der Waals surface area contributed by atoms with Crippen molar-refractivity contribution in [2.24, 2.45) is 0 Å². The molecule has 2 rings (SSSR count). The van der Waals surface area contributed by atoms with Crippen LogP contribution in [0.1, 0.15) is 17.4 Å². The number of ketones is 1. The van der Waals surface area contributed by atoms with Crippen molar-refractivity contribution in [3.63, 3.8) is 0 Å². The van der Waals surface area contributed by atoms with Gasteiger partial charge in [0, 0.05) is 19.3 Å². The normalized spacial score (nSPS) is 10.4. The molecule has 0 unspecified atom stereocenters. The second-order valence-electron chi connectivity index (χ2n) is 2.67. The summed E-state index contributed by atoms with van der Waals surface area (Å²) in [4.78, 5) is 14.9. The first-order valence-corrected chi connectivity index (χ1v) is 3.71. The second-order valence-corrected chi connectivity index (χ2v) is 2.67. The summed E-state index contributed by atoms with van der Waals surface area (Å²) < 4.78 is 1.88. The molecule has 60 valence electrons. The highest BCUT2D eigenvalue weighted by Gasteiger charge is 2.00. The summed E-state index contributed by atoms with van der Waals surface area (Å²) in [5.74, 6) is -0.00870. The molecule has 0 aliphatic rings. The van der Waals surface area contributed by atoms with E-state index in [1.807, 2.05) is 22.7 Å². The molecule has 0 saturated heterocycles. The van der Waals surface area contributed by atoms with Gasteiger partial charge in [0.25, 0.3) is 0 Å². The quantitative estimate of drug-likeness (QED) is 0.593. The monoisotopic (exact) mass is 160 g/mol. The van der Waals surface area contributed by atoms with Gasteiger partial charge in [-0.1, -0.05) is 0 Å². The van der Waals surface area contributed by atoms with Gasteiger partial charge in [0.1, 0.15) is 5.69 Å². The minimum absolute atomic E-state index is 0.00870. The fourth-order valence-corrected chi connectivity index (χ4v) is 1.12. The Kier molecular flexibility index (Phi) is 1.43. The third kappa shape index (κ3) is 0.993. The van der Waals surface area contributed by atoms with E-state index in [2.05, 4.69) is 4.98 Å². The van der Waals surface area contributed by atoms with Crippen LogP contribution in [0.25, 0.3) is 5.52 Å². The van der Waals surface area contributed by atoms with Gasteiger partial charge >= 0.3 is 0 Å². The summed E-state index contributed by atoms with van der Waals surface area (Å²) in [6, 6.07) is 3.86. The van der Waals surface area contributed by atoms with Crippen LogP contribution >= 0.6 is 0 Å². The van der Waals surface area contributed by atoms with Gasteiger partial charge in [-0.15, -0.1) is 0 Å². The molecule has 2 aromatic rings. The van der Waals surface area contributed by atoms with Crippen molar-refractivity contribution in [3.8, 4) is 0 Å². The van der Waals surface area contributed by atoms with E-state index in [0.29, 0.717) is 5.69 Å². The predicted molar refractivity (Wildman–Crippen MR) is 45.2 cm³/mol. The van der Waals surface area contributed by atoms with E-state index in [4.69, 9.17) is 0 Å². The molecule has 0 saturated carbocycles. The average Bonchev–Trinajstić information content (AvgIpc) is 2.49. The molecule has 3 nitrogen and oxygen atoms in total. The van der Waals surface area contributed by atoms with Crippen LogP contribution in [0.15, 0.2) is 30.7 Å². The van der Waals surface area contributed by atoms with Gasteiger partial charge in [-0.3, -0.25) is 4.79 Å². The number of Topliss-reactive ketones (excluding diaryl/α,β-unsaturated/α-hetero) is 1. The highest BCUT2D eigenvalue weighted by atomic mass is 16.1. The summed E-state index contributed by atoms with van der Waals surface area (Å²) in [5.41, 5.74) is 1.50. The molecule has 0 aliphatic carbocycles. The Morgan fingerprint density at radius 1 is 1.58 bits per heavy atom. The molecule has 0 aromatic carbocycles. The molecule has 0 atom stereocenters. The summed E-state index contributed by atoms with van der Waals surface area (Å²) >= 11 is 0. The lowest BCUT2D eigenvalue weighted by Crippen LogP contribution is -1.98. The van der Waals surface area contributed by atoms with Gasteiger partial charge in [0.05, 0.1) is 11.7 Å². The minimum atomic E-state index is -0.00870. The van der Waals surface area contributed by atoms with E-state index in [9.17, 15) is 4.79 Å². The first-order valence-electron chi connectivity index (χ1n) is 3.71. The Balaban J connectivity index is 2.68. The second kappa shape index (κ2) is 2.44. The van der Waals surface area contributed by atoms with E-state index < -0.39 is 0 Å². The van der Waals surface area contributed by atoms with Crippen LogP contribution in [0.3, 0.4) is 0 Å². The van der Waals surface area contributed by atoms with Gasteiger partial charge in [-0.2, -0.15) is 0 Å². The third-order valence-corrected chi connectivity index (χ3v) is 1.77. The van der Waals surface area contributed by atoms with Crippen LogP contribution in [0.4, 0.5) is 0 Å². The Hall–Kier alpha value is -1.64. The first kappa shape index (κ1) is 7.03. The Morgan fingerprint density at radius 3 is 3.17 bits per heavy atom. The molecule has 0 bridgehead atoms. The molecule has 0 fully saturated rings. The molecular weight excluding hydrogens is 152 g/mol. The molecule has 0 aliphatic heterocycles. The lowest BCUT2D eigenvalue weighted by Gasteiger charge is -1.96. The number of carbonyl (C=O) groups excluding carboxylic acids is 1. The van der Waals surface area contributed by atoms with E-state index in [1.54, 1.807) is 12.4 Å². The number of hydrogen-bond donors (Lipinski definition) is 0. The molecule has 12 heavy (non-hydrogen) atoms. The topological polar surface area (TPSA) is 34.4 Å². The average molecular weight is 160 g/mol. The van der Waals surface area contributed by atoms with Gasteiger partial charge in [-0.25, -0.2) is 4.98 Å². The molecule has 0 radical (unpaired) electrons. The fraction of sp³-hybridized carbons (Fsp3) is 0.111. The van der Waals surface area contributed by atoms with Crippen molar-refractivity contribution < 1.29 is 4.79 Å². The maximum absolute atomic E-state index is 10.9. The lowest BCUT2D eigenvalue weighted by molar-refractivity contribution is 0.101. The standard InChI is InChI=1S/C9H8N2O/c1-7(12)9-6-11-4-2-3-8(11)5-10-9/h2-6H,1H3. The van der Waals surface area contributed by atoms with Crippen molar-refractivity contribution >= 4 is 11.3 Å². The SMILES string of the molecule is CC(=O)c1cn2cccc2cn1. The zero-order valence-electron chi connectivity index (χ0n) is 6.69. The number of aromatic nitrogens is 2. The molecule has 0 amide bonds. The van der Waals surface area contributed by atoms with Crippen LogP contribution in [0, 0.1) is 0 Å². The van der Waals surface area contributed by atoms with Crippen molar-refractivity contribution in [1.29, 1.82) is 0 Å². The summed E-state index contributed by atoms with van der Waals surface area (Å²) in [5, 5.41) is 0. The highest BCUT2D eigenvalue weighted by Crippen LogP contribution is 2.04. The van der Waals surface area contributed by atoms with Crippen molar-refractivity contribution in [3.05, 3.63) is 36.4 Å². The fourth-order valence-electron chi connectivity index (χ4n) is 1.12. The number of hydrogen-bond acceptors (Lipinski definition) is 2. The number of rotatable bonds is 1. The maximum Gasteiger partial charge on any atom is 0.179 e. The van der Waals surface area contributed by atoms with E-state index in [-0.39, 0.29) is 5.78 Å². The van der Waals surface area contributed by atoms with E-state index in [1.165, 1.54) is 6.92 Å². The van der Waals surface area contributed by atoms with E-state index in [0.717, 1.165) is 5.52 Å². The van der Waals surface area contributed by atoms with Gasteiger partial charge in [-0.05, 0) is 12.1 Å². The molecule has 3 heteroatoms.